The number of hydrogen-bond donors (Lipinski definition) is 1. The Bertz CT molecular complexity index is 877. The first kappa shape index (κ1) is 17.3. The van der Waals surface area contributed by atoms with E-state index in [9.17, 15) is 19.7 Å². The zero-order valence-electron chi connectivity index (χ0n) is 14.1. The third-order valence-electron chi connectivity index (χ3n) is 4.33. The molecular formula is C19H17N3O4. The van der Waals surface area contributed by atoms with Crippen LogP contribution < -0.4 is 5.32 Å². The molecule has 132 valence electrons. The van der Waals surface area contributed by atoms with Crippen LogP contribution in [0.5, 0.6) is 0 Å². The second-order valence-electron chi connectivity index (χ2n) is 6.09. The summed E-state index contributed by atoms with van der Waals surface area (Å²) in [7, 11) is 0. The Hall–Kier alpha value is -3.48. The van der Waals surface area contributed by atoms with Crippen LogP contribution in [0.1, 0.15) is 18.1 Å². The average molecular weight is 351 g/mol. The smallest absolute Gasteiger partial charge is 0.319 e. The Morgan fingerprint density at radius 3 is 2.38 bits per heavy atom. The van der Waals surface area contributed by atoms with Crippen molar-refractivity contribution in [3.63, 3.8) is 0 Å². The summed E-state index contributed by atoms with van der Waals surface area (Å²) in [5.74, 6) is -0.394. The Kier molecular flexibility index (Phi) is 4.53. The Morgan fingerprint density at radius 1 is 1.12 bits per heavy atom. The van der Waals surface area contributed by atoms with Gasteiger partial charge in [0.2, 0.25) is 0 Å². The maximum atomic E-state index is 12.8. The van der Waals surface area contributed by atoms with Gasteiger partial charge in [-0.05, 0) is 30.2 Å². The fourth-order valence-electron chi connectivity index (χ4n) is 2.83. The van der Waals surface area contributed by atoms with Crippen LogP contribution in [-0.2, 0) is 10.3 Å². The minimum Gasteiger partial charge on any atom is -0.319 e. The van der Waals surface area contributed by atoms with Crippen LogP contribution in [-0.4, -0.2) is 28.3 Å². The van der Waals surface area contributed by atoms with E-state index < -0.39 is 22.4 Å². The lowest BCUT2D eigenvalue weighted by Gasteiger charge is -2.21. The van der Waals surface area contributed by atoms with Gasteiger partial charge in [-0.15, -0.1) is 0 Å². The van der Waals surface area contributed by atoms with Crippen LogP contribution in [0.2, 0.25) is 0 Å². The van der Waals surface area contributed by atoms with Crippen molar-refractivity contribution in [3.8, 4) is 0 Å². The molecule has 1 N–H and O–H groups in total. The molecule has 0 aliphatic carbocycles. The first-order valence-corrected chi connectivity index (χ1v) is 8.02. The summed E-state index contributed by atoms with van der Waals surface area (Å²) in [6.45, 7) is 1.73. The standard InChI is InChI=1S/C19H17N3O4/c1-19(15-9-11-16(12-10-15)22(25)26)17(23)21(18(24)20-19)13-5-8-14-6-3-2-4-7-14/h2-12H,13H2,1H3,(H,20,24)/b8-5+/t19-/m0/s1. The first-order chi connectivity index (χ1) is 12.4. The number of non-ortho nitro benzene ring substituents is 1. The molecule has 0 bridgehead atoms. The van der Waals surface area contributed by atoms with Crippen LogP contribution >= 0.6 is 0 Å². The topological polar surface area (TPSA) is 92.6 Å². The van der Waals surface area contributed by atoms with Gasteiger partial charge in [-0.3, -0.25) is 19.8 Å². The number of nitrogens with zero attached hydrogens (tertiary/aromatic N) is 2. The predicted octanol–water partition coefficient (Wildman–Crippen LogP) is 3.08. The van der Waals surface area contributed by atoms with Gasteiger partial charge in [-0.2, -0.15) is 0 Å². The zero-order chi connectivity index (χ0) is 18.7. The van der Waals surface area contributed by atoms with Crippen molar-refractivity contribution in [3.05, 3.63) is 81.9 Å². The van der Waals surface area contributed by atoms with Crippen molar-refractivity contribution in [2.75, 3.05) is 6.54 Å². The molecule has 3 rings (SSSR count). The van der Waals surface area contributed by atoms with Gasteiger partial charge in [0, 0.05) is 18.7 Å². The maximum Gasteiger partial charge on any atom is 0.325 e. The SMILES string of the molecule is C[C@@]1(c2ccc([N+](=O)[O-])cc2)NC(=O)N(C/C=C/c2ccccc2)C1=O. The highest BCUT2D eigenvalue weighted by Crippen LogP contribution is 2.30. The summed E-state index contributed by atoms with van der Waals surface area (Å²) >= 11 is 0. The van der Waals surface area contributed by atoms with E-state index >= 15 is 0 Å². The Labute approximate surface area is 150 Å². The second kappa shape index (κ2) is 6.79. The highest BCUT2D eigenvalue weighted by atomic mass is 16.6. The summed E-state index contributed by atoms with van der Waals surface area (Å²) in [5.41, 5.74) is 0.151. The van der Waals surface area contributed by atoms with Gasteiger partial charge in [0.15, 0.2) is 0 Å². The van der Waals surface area contributed by atoms with Crippen LogP contribution in [0.15, 0.2) is 60.7 Å². The van der Waals surface area contributed by atoms with Gasteiger partial charge in [-0.1, -0.05) is 42.5 Å². The highest BCUT2D eigenvalue weighted by molar-refractivity contribution is 6.07. The molecule has 7 nitrogen and oxygen atoms in total. The highest BCUT2D eigenvalue weighted by Gasteiger charge is 2.48. The van der Waals surface area contributed by atoms with Gasteiger partial charge in [0.05, 0.1) is 4.92 Å². The summed E-state index contributed by atoms with van der Waals surface area (Å²) in [4.78, 5) is 36.4. The van der Waals surface area contributed by atoms with Gasteiger partial charge in [0.1, 0.15) is 5.54 Å². The van der Waals surface area contributed by atoms with Crippen LogP contribution in [0.25, 0.3) is 6.08 Å². The fourth-order valence-corrected chi connectivity index (χ4v) is 2.83. The molecule has 26 heavy (non-hydrogen) atoms. The average Bonchev–Trinajstić information content (AvgIpc) is 2.86. The number of nitrogens with one attached hydrogen (secondary N) is 1. The summed E-state index contributed by atoms with van der Waals surface area (Å²) in [6.07, 6.45) is 3.58. The van der Waals surface area contributed by atoms with Crippen molar-refractivity contribution in [2.24, 2.45) is 0 Å². The molecule has 1 saturated heterocycles. The fraction of sp³-hybridized carbons (Fsp3) is 0.158. The van der Waals surface area contributed by atoms with Crippen molar-refractivity contribution in [1.82, 2.24) is 10.2 Å². The van der Waals surface area contributed by atoms with E-state index in [1.807, 2.05) is 36.4 Å². The lowest BCUT2D eigenvalue weighted by atomic mass is 9.92. The van der Waals surface area contributed by atoms with Gasteiger partial charge in [0.25, 0.3) is 11.6 Å². The quantitative estimate of drug-likeness (QED) is 0.509. The van der Waals surface area contributed by atoms with Crippen LogP contribution in [0.3, 0.4) is 0 Å². The number of carbonyl (C=O) groups is 2. The van der Waals surface area contributed by atoms with Gasteiger partial charge in [-0.25, -0.2) is 4.79 Å². The first-order valence-electron chi connectivity index (χ1n) is 8.02. The predicted molar refractivity (Wildman–Crippen MR) is 96.2 cm³/mol. The van der Waals surface area contributed by atoms with Gasteiger partial charge < -0.3 is 5.32 Å². The van der Waals surface area contributed by atoms with Crippen molar-refractivity contribution >= 4 is 23.7 Å². The molecule has 0 spiro atoms. The van der Waals surface area contributed by atoms with Gasteiger partial charge >= 0.3 is 6.03 Å². The molecule has 0 saturated carbocycles. The number of rotatable bonds is 5. The monoisotopic (exact) mass is 351 g/mol. The summed E-state index contributed by atoms with van der Waals surface area (Å²) < 4.78 is 0. The van der Waals surface area contributed by atoms with E-state index in [4.69, 9.17) is 0 Å². The lowest BCUT2D eigenvalue weighted by molar-refractivity contribution is -0.384. The van der Waals surface area contributed by atoms with E-state index in [1.54, 1.807) is 13.0 Å². The molecule has 1 atom stereocenters. The number of imide groups is 1. The largest absolute Gasteiger partial charge is 0.325 e. The molecule has 2 aromatic rings. The van der Waals surface area contributed by atoms with E-state index in [1.165, 1.54) is 24.3 Å². The number of urea groups is 1. The van der Waals surface area contributed by atoms with Crippen molar-refractivity contribution in [2.45, 2.75) is 12.5 Å². The molecular weight excluding hydrogens is 334 g/mol. The molecule has 1 fully saturated rings. The van der Waals surface area contributed by atoms with Crippen LogP contribution in [0.4, 0.5) is 10.5 Å². The normalized spacial score (nSPS) is 19.8. The van der Waals surface area contributed by atoms with E-state index in [0.29, 0.717) is 5.56 Å². The molecule has 2 aromatic carbocycles. The number of nitro benzene ring substituents is 1. The number of benzene rings is 2. The summed E-state index contributed by atoms with van der Waals surface area (Å²) in [5, 5.41) is 13.4. The Balaban J connectivity index is 1.77. The number of amides is 3. The van der Waals surface area contributed by atoms with E-state index in [2.05, 4.69) is 5.32 Å². The molecule has 1 aliphatic heterocycles. The Morgan fingerprint density at radius 2 is 1.77 bits per heavy atom. The van der Waals surface area contributed by atoms with Crippen LogP contribution in [0, 0.1) is 10.1 Å². The van der Waals surface area contributed by atoms with Crippen molar-refractivity contribution < 1.29 is 14.5 Å². The lowest BCUT2D eigenvalue weighted by Crippen LogP contribution is -2.40. The number of hydrogen-bond acceptors (Lipinski definition) is 4. The van der Waals surface area contributed by atoms with E-state index in [-0.39, 0.29) is 12.2 Å². The molecule has 1 heterocycles. The second-order valence-corrected chi connectivity index (χ2v) is 6.09. The number of nitro groups is 1. The molecule has 0 radical (unpaired) electrons. The molecule has 0 aromatic heterocycles. The molecule has 3 amide bonds. The molecule has 7 heteroatoms. The third-order valence-corrected chi connectivity index (χ3v) is 4.33. The molecule has 1 aliphatic rings. The minimum absolute atomic E-state index is 0.0724. The summed E-state index contributed by atoms with van der Waals surface area (Å²) in [6, 6.07) is 14.7. The third kappa shape index (κ3) is 3.19. The van der Waals surface area contributed by atoms with Crippen molar-refractivity contribution in [1.29, 1.82) is 0 Å². The maximum absolute atomic E-state index is 12.8. The number of carbonyl (C=O) groups excluding carboxylic acids is 2. The minimum atomic E-state index is -1.24. The zero-order valence-corrected chi connectivity index (χ0v) is 14.1. The molecule has 0 unspecified atom stereocenters. The van der Waals surface area contributed by atoms with E-state index in [0.717, 1.165) is 10.5 Å².